The van der Waals surface area contributed by atoms with Crippen molar-refractivity contribution in [2.45, 2.75) is 11.3 Å². The van der Waals surface area contributed by atoms with Crippen LogP contribution in [0.5, 0.6) is 5.75 Å². The first-order valence-electron chi connectivity index (χ1n) is 8.94. The molecule has 2 rings (SSSR count). The summed E-state index contributed by atoms with van der Waals surface area (Å²) in [5.41, 5.74) is 0.879. The Balaban J connectivity index is 1.89. The molecular formula is C20H23ClN2O6S. The molecule has 0 heterocycles. The summed E-state index contributed by atoms with van der Waals surface area (Å²) in [6.07, 6.45) is 0.597. The van der Waals surface area contributed by atoms with Crippen LogP contribution in [0.4, 0.5) is 0 Å². The summed E-state index contributed by atoms with van der Waals surface area (Å²) < 4.78 is 35.5. The standard InChI is InChI=1S/C20H23ClN2O6S/c1-23(2)30(26,27)16-8-9-18(21)17(12-16)20(25)29-13-19(24)22-11-10-14-4-6-15(28-3)7-5-14/h4-9,12H,10-11,13H2,1-3H3,(H,22,24). The Hall–Kier alpha value is -2.62. The van der Waals surface area contributed by atoms with E-state index in [1.807, 2.05) is 24.3 Å². The predicted octanol–water partition coefficient (Wildman–Crippen LogP) is 2.11. The van der Waals surface area contributed by atoms with Gasteiger partial charge in [-0.1, -0.05) is 23.7 Å². The number of halogens is 1. The number of methoxy groups -OCH3 is 1. The number of amides is 1. The highest BCUT2D eigenvalue weighted by Gasteiger charge is 2.21. The molecular weight excluding hydrogens is 432 g/mol. The number of hydrogen-bond acceptors (Lipinski definition) is 6. The van der Waals surface area contributed by atoms with Crippen LogP contribution in [0.25, 0.3) is 0 Å². The summed E-state index contributed by atoms with van der Waals surface area (Å²) in [5.74, 6) is -0.623. The first-order valence-corrected chi connectivity index (χ1v) is 10.8. The lowest BCUT2D eigenvalue weighted by Gasteiger charge is -2.13. The maximum absolute atomic E-state index is 12.3. The lowest BCUT2D eigenvalue weighted by Crippen LogP contribution is -2.30. The maximum atomic E-state index is 12.3. The number of rotatable bonds is 9. The van der Waals surface area contributed by atoms with Gasteiger partial charge in [0, 0.05) is 20.6 Å². The summed E-state index contributed by atoms with van der Waals surface area (Å²) in [5, 5.41) is 2.67. The van der Waals surface area contributed by atoms with Crippen LogP contribution >= 0.6 is 11.6 Å². The van der Waals surface area contributed by atoms with Gasteiger partial charge in [-0.15, -0.1) is 0 Å². The summed E-state index contributed by atoms with van der Waals surface area (Å²) in [7, 11) is 0.587. The molecule has 0 bridgehead atoms. The first kappa shape index (κ1) is 23.7. The maximum Gasteiger partial charge on any atom is 0.340 e. The quantitative estimate of drug-likeness (QED) is 0.582. The van der Waals surface area contributed by atoms with Crippen LogP contribution in [-0.2, 0) is 26.0 Å². The number of carbonyl (C=O) groups is 2. The van der Waals surface area contributed by atoms with Gasteiger partial charge in [0.05, 0.1) is 22.6 Å². The van der Waals surface area contributed by atoms with Crippen molar-refractivity contribution in [2.24, 2.45) is 0 Å². The van der Waals surface area contributed by atoms with Crippen LogP contribution in [0.1, 0.15) is 15.9 Å². The zero-order chi connectivity index (χ0) is 22.3. The third-order valence-electron chi connectivity index (χ3n) is 4.17. The van der Waals surface area contributed by atoms with Crippen LogP contribution in [0.2, 0.25) is 5.02 Å². The fourth-order valence-electron chi connectivity index (χ4n) is 2.43. The Morgan fingerprint density at radius 2 is 1.77 bits per heavy atom. The average Bonchev–Trinajstić information content (AvgIpc) is 2.72. The lowest BCUT2D eigenvalue weighted by atomic mass is 10.1. The highest BCUT2D eigenvalue weighted by atomic mass is 35.5. The Morgan fingerprint density at radius 1 is 1.10 bits per heavy atom. The minimum Gasteiger partial charge on any atom is -0.497 e. The lowest BCUT2D eigenvalue weighted by molar-refractivity contribution is -0.124. The van der Waals surface area contributed by atoms with Crippen molar-refractivity contribution >= 4 is 33.5 Å². The first-order chi connectivity index (χ1) is 14.1. The molecule has 0 saturated heterocycles. The van der Waals surface area contributed by atoms with Crippen molar-refractivity contribution in [3.63, 3.8) is 0 Å². The zero-order valence-electron chi connectivity index (χ0n) is 16.8. The molecule has 0 aliphatic heterocycles. The van der Waals surface area contributed by atoms with Gasteiger partial charge in [0.15, 0.2) is 6.61 Å². The average molecular weight is 455 g/mol. The fourth-order valence-corrected chi connectivity index (χ4v) is 3.55. The largest absolute Gasteiger partial charge is 0.497 e. The van der Waals surface area contributed by atoms with Crippen LogP contribution in [0.3, 0.4) is 0 Å². The normalized spacial score (nSPS) is 11.2. The van der Waals surface area contributed by atoms with E-state index in [1.165, 1.54) is 26.2 Å². The molecule has 2 aromatic carbocycles. The van der Waals surface area contributed by atoms with Gasteiger partial charge in [0.2, 0.25) is 10.0 Å². The molecule has 2 aromatic rings. The van der Waals surface area contributed by atoms with Crippen LogP contribution in [0, 0.1) is 0 Å². The summed E-state index contributed by atoms with van der Waals surface area (Å²) in [6.45, 7) is -0.150. The molecule has 0 unspecified atom stereocenters. The molecule has 0 fully saturated rings. The molecule has 8 nitrogen and oxygen atoms in total. The van der Waals surface area contributed by atoms with Gasteiger partial charge in [0.1, 0.15) is 5.75 Å². The number of carbonyl (C=O) groups excluding carboxylic acids is 2. The molecule has 1 amide bonds. The molecule has 0 saturated carbocycles. The third-order valence-corrected chi connectivity index (χ3v) is 6.31. The van der Waals surface area contributed by atoms with E-state index in [-0.39, 0.29) is 15.5 Å². The van der Waals surface area contributed by atoms with Gasteiger partial charge in [-0.3, -0.25) is 4.79 Å². The second kappa shape index (κ2) is 10.4. The molecule has 0 radical (unpaired) electrons. The Kier molecular flexibility index (Phi) is 8.22. The van der Waals surface area contributed by atoms with Crippen molar-refractivity contribution in [3.05, 3.63) is 58.6 Å². The SMILES string of the molecule is COc1ccc(CCNC(=O)COC(=O)c2cc(S(=O)(=O)N(C)C)ccc2Cl)cc1. The van der Waals surface area contributed by atoms with Crippen LogP contribution in [-0.4, -0.2) is 59.0 Å². The number of nitrogens with zero attached hydrogens (tertiary/aromatic N) is 1. The van der Waals surface area contributed by atoms with Crippen molar-refractivity contribution in [1.29, 1.82) is 0 Å². The molecule has 0 spiro atoms. The van der Waals surface area contributed by atoms with Gasteiger partial charge in [0.25, 0.3) is 5.91 Å². The molecule has 30 heavy (non-hydrogen) atoms. The molecule has 162 valence electrons. The smallest absolute Gasteiger partial charge is 0.340 e. The second-order valence-corrected chi connectivity index (χ2v) is 9.01. The minimum absolute atomic E-state index is 0.0256. The highest BCUT2D eigenvalue weighted by molar-refractivity contribution is 7.89. The van der Waals surface area contributed by atoms with Gasteiger partial charge in [-0.05, 0) is 42.3 Å². The number of ether oxygens (including phenoxy) is 2. The highest BCUT2D eigenvalue weighted by Crippen LogP contribution is 2.22. The van der Waals surface area contributed by atoms with Crippen molar-refractivity contribution in [2.75, 3.05) is 34.4 Å². The Morgan fingerprint density at radius 3 is 2.37 bits per heavy atom. The molecule has 0 aliphatic carbocycles. The van der Waals surface area contributed by atoms with E-state index in [0.29, 0.717) is 13.0 Å². The molecule has 0 aromatic heterocycles. The second-order valence-electron chi connectivity index (χ2n) is 6.45. The number of sulfonamides is 1. The molecule has 10 heteroatoms. The number of esters is 1. The van der Waals surface area contributed by atoms with Gasteiger partial charge < -0.3 is 14.8 Å². The molecule has 1 N–H and O–H groups in total. The van der Waals surface area contributed by atoms with Gasteiger partial charge >= 0.3 is 5.97 Å². The van der Waals surface area contributed by atoms with Crippen LogP contribution in [0.15, 0.2) is 47.4 Å². The van der Waals surface area contributed by atoms with E-state index >= 15 is 0 Å². The Bertz CT molecular complexity index is 1010. The molecule has 0 atom stereocenters. The van der Waals surface area contributed by atoms with E-state index in [2.05, 4.69) is 5.32 Å². The van der Waals surface area contributed by atoms with E-state index in [1.54, 1.807) is 7.11 Å². The summed E-state index contributed by atoms with van der Waals surface area (Å²) in [4.78, 5) is 24.1. The van der Waals surface area contributed by atoms with E-state index in [4.69, 9.17) is 21.1 Å². The minimum atomic E-state index is -3.74. The predicted molar refractivity (Wildman–Crippen MR) is 112 cm³/mol. The third kappa shape index (κ3) is 6.19. The molecule has 0 aliphatic rings. The number of nitrogens with one attached hydrogen (secondary N) is 1. The van der Waals surface area contributed by atoms with Crippen molar-refractivity contribution < 1.29 is 27.5 Å². The van der Waals surface area contributed by atoms with E-state index in [0.717, 1.165) is 21.7 Å². The summed E-state index contributed by atoms with van der Waals surface area (Å²) in [6, 6.07) is 11.1. The van der Waals surface area contributed by atoms with Crippen LogP contribution < -0.4 is 10.1 Å². The summed E-state index contributed by atoms with van der Waals surface area (Å²) >= 11 is 5.99. The number of hydrogen-bond donors (Lipinski definition) is 1. The fraction of sp³-hybridized carbons (Fsp3) is 0.300. The Labute approximate surface area is 180 Å². The van der Waals surface area contributed by atoms with Crippen molar-refractivity contribution in [3.8, 4) is 5.75 Å². The monoisotopic (exact) mass is 454 g/mol. The van der Waals surface area contributed by atoms with Gasteiger partial charge in [-0.2, -0.15) is 0 Å². The van der Waals surface area contributed by atoms with Crippen molar-refractivity contribution in [1.82, 2.24) is 9.62 Å². The van der Waals surface area contributed by atoms with E-state index < -0.39 is 28.5 Å². The topological polar surface area (TPSA) is 102 Å². The number of benzene rings is 2. The van der Waals surface area contributed by atoms with Gasteiger partial charge in [-0.25, -0.2) is 17.5 Å². The van der Waals surface area contributed by atoms with E-state index in [9.17, 15) is 18.0 Å². The zero-order valence-corrected chi connectivity index (χ0v) is 18.4.